The quantitative estimate of drug-likeness (QED) is 0.802. The number of benzene rings is 1. The van der Waals surface area contributed by atoms with Crippen LogP contribution < -0.4 is 0 Å². The summed E-state index contributed by atoms with van der Waals surface area (Å²) in [5.74, 6) is -0.457. The molecule has 0 amide bonds. The molecule has 1 unspecified atom stereocenters. The largest absolute Gasteiger partial charge is 0.385 e. The highest BCUT2D eigenvalue weighted by Crippen LogP contribution is 2.27. The van der Waals surface area contributed by atoms with Crippen molar-refractivity contribution in [2.75, 3.05) is 0 Å². The van der Waals surface area contributed by atoms with Gasteiger partial charge in [-0.05, 0) is 24.6 Å². The molecule has 0 heterocycles. The third kappa shape index (κ3) is 2.73. The van der Waals surface area contributed by atoms with Crippen molar-refractivity contribution < 1.29 is 18.3 Å². The lowest BCUT2D eigenvalue weighted by Gasteiger charge is -2.23. The molecule has 1 rings (SSSR count). The molecule has 1 aromatic rings. The van der Waals surface area contributed by atoms with E-state index in [9.17, 15) is 18.3 Å². The van der Waals surface area contributed by atoms with Crippen molar-refractivity contribution in [3.05, 3.63) is 35.6 Å². The summed E-state index contributed by atoms with van der Waals surface area (Å²) in [6.07, 6.45) is -3.24. The van der Waals surface area contributed by atoms with Crippen LogP contribution in [-0.2, 0) is 5.60 Å². The van der Waals surface area contributed by atoms with Crippen molar-refractivity contribution in [3.8, 4) is 0 Å². The lowest BCUT2D eigenvalue weighted by atomic mass is 9.93. The molecule has 4 heteroatoms. The van der Waals surface area contributed by atoms with Crippen LogP contribution in [0.2, 0.25) is 0 Å². The minimum atomic E-state index is -2.59. The Hall–Kier alpha value is -1.03. The number of alkyl halides is 2. The molecule has 0 saturated carbocycles. The van der Waals surface area contributed by atoms with E-state index >= 15 is 0 Å². The van der Waals surface area contributed by atoms with Gasteiger partial charge in [0.15, 0.2) is 0 Å². The molecule has 1 atom stereocenters. The zero-order valence-corrected chi connectivity index (χ0v) is 7.67. The van der Waals surface area contributed by atoms with Gasteiger partial charge < -0.3 is 5.11 Å². The van der Waals surface area contributed by atoms with E-state index in [-0.39, 0.29) is 0 Å². The Morgan fingerprint density at radius 2 is 1.79 bits per heavy atom. The van der Waals surface area contributed by atoms with E-state index in [0.717, 1.165) is 12.1 Å². The van der Waals surface area contributed by atoms with Gasteiger partial charge in [-0.2, -0.15) is 0 Å². The number of aliphatic hydroxyl groups is 1. The average molecular weight is 204 g/mol. The summed E-state index contributed by atoms with van der Waals surface area (Å²) in [6, 6.07) is 4.87. The predicted octanol–water partition coefficient (Wildman–Crippen LogP) is 2.69. The van der Waals surface area contributed by atoms with Gasteiger partial charge in [-0.25, -0.2) is 13.2 Å². The van der Waals surface area contributed by atoms with Crippen molar-refractivity contribution in [2.24, 2.45) is 0 Å². The third-order valence-corrected chi connectivity index (χ3v) is 2.02. The molecule has 0 aliphatic carbocycles. The fourth-order valence-corrected chi connectivity index (χ4v) is 1.23. The van der Waals surface area contributed by atoms with Gasteiger partial charge in [-0.15, -0.1) is 0 Å². The summed E-state index contributed by atoms with van der Waals surface area (Å²) in [7, 11) is 0. The first-order chi connectivity index (χ1) is 6.42. The van der Waals surface area contributed by atoms with Crippen molar-refractivity contribution in [1.82, 2.24) is 0 Å². The standard InChI is InChI=1S/C10H11F3O/c1-10(14,6-9(12)13)7-2-4-8(11)5-3-7/h2-5,9,14H,6H2,1H3. The van der Waals surface area contributed by atoms with E-state index in [1.54, 1.807) is 0 Å². The molecule has 0 spiro atoms. The maximum absolute atomic E-state index is 12.5. The molecule has 0 fully saturated rings. The Balaban J connectivity index is 2.86. The van der Waals surface area contributed by atoms with Gasteiger partial charge in [0.25, 0.3) is 0 Å². The molecule has 1 aromatic carbocycles. The van der Waals surface area contributed by atoms with Crippen LogP contribution in [0.1, 0.15) is 18.9 Å². The summed E-state index contributed by atoms with van der Waals surface area (Å²) < 4.78 is 36.6. The first-order valence-corrected chi connectivity index (χ1v) is 4.18. The minimum absolute atomic E-state index is 0.291. The van der Waals surface area contributed by atoms with E-state index in [1.807, 2.05) is 0 Å². The monoisotopic (exact) mass is 204 g/mol. The minimum Gasteiger partial charge on any atom is -0.385 e. The Morgan fingerprint density at radius 3 is 2.21 bits per heavy atom. The van der Waals surface area contributed by atoms with Gasteiger partial charge in [0.1, 0.15) is 5.82 Å². The Morgan fingerprint density at radius 1 is 1.29 bits per heavy atom. The topological polar surface area (TPSA) is 20.2 Å². The van der Waals surface area contributed by atoms with Crippen LogP contribution in [-0.4, -0.2) is 11.5 Å². The predicted molar refractivity (Wildman–Crippen MR) is 46.6 cm³/mol. The van der Waals surface area contributed by atoms with Crippen LogP contribution in [0.5, 0.6) is 0 Å². The lowest BCUT2D eigenvalue weighted by molar-refractivity contribution is -0.0124. The highest BCUT2D eigenvalue weighted by atomic mass is 19.3. The SMILES string of the molecule is CC(O)(CC(F)F)c1ccc(F)cc1. The molecule has 1 nitrogen and oxygen atoms in total. The van der Waals surface area contributed by atoms with Crippen molar-refractivity contribution in [3.63, 3.8) is 0 Å². The van der Waals surface area contributed by atoms with E-state index in [4.69, 9.17) is 0 Å². The zero-order chi connectivity index (χ0) is 10.8. The second kappa shape index (κ2) is 4.00. The molecule has 1 N–H and O–H groups in total. The van der Waals surface area contributed by atoms with Crippen LogP contribution in [0.25, 0.3) is 0 Å². The molecular formula is C10H11F3O. The summed E-state index contributed by atoms with van der Waals surface area (Å²) >= 11 is 0. The van der Waals surface area contributed by atoms with Gasteiger partial charge >= 0.3 is 0 Å². The zero-order valence-electron chi connectivity index (χ0n) is 7.67. The number of hydrogen-bond acceptors (Lipinski definition) is 1. The van der Waals surface area contributed by atoms with Crippen LogP contribution >= 0.6 is 0 Å². The summed E-state index contributed by atoms with van der Waals surface area (Å²) in [4.78, 5) is 0. The molecule has 0 aliphatic heterocycles. The molecule has 0 aliphatic rings. The summed E-state index contributed by atoms with van der Waals surface area (Å²) in [5.41, 5.74) is -1.32. The molecule has 78 valence electrons. The van der Waals surface area contributed by atoms with E-state index in [0.29, 0.717) is 5.56 Å². The third-order valence-electron chi connectivity index (χ3n) is 2.02. The molecule has 0 radical (unpaired) electrons. The van der Waals surface area contributed by atoms with Gasteiger partial charge in [-0.3, -0.25) is 0 Å². The smallest absolute Gasteiger partial charge is 0.241 e. The Kier molecular flexibility index (Phi) is 3.16. The fourth-order valence-electron chi connectivity index (χ4n) is 1.23. The summed E-state index contributed by atoms with van der Waals surface area (Å²) in [6.45, 7) is 1.28. The van der Waals surface area contributed by atoms with E-state index < -0.39 is 24.3 Å². The maximum Gasteiger partial charge on any atom is 0.241 e. The highest BCUT2D eigenvalue weighted by molar-refractivity contribution is 5.22. The van der Waals surface area contributed by atoms with Crippen molar-refractivity contribution in [1.29, 1.82) is 0 Å². The molecule has 14 heavy (non-hydrogen) atoms. The number of halogens is 3. The lowest BCUT2D eigenvalue weighted by Crippen LogP contribution is -2.24. The molecule has 0 aromatic heterocycles. The second-order valence-electron chi connectivity index (χ2n) is 3.38. The molecular weight excluding hydrogens is 193 g/mol. The van der Waals surface area contributed by atoms with Crippen LogP contribution in [0.15, 0.2) is 24.3 Å². The Bertz CT molecular complexity index is 293. The van der Waals surface area contributed by atoms with Gasteiger partial charge in [0.2, 0.25) is 6.43 Å². The first-order valence-electron chi connectivity index (χ1n) is 4.18. The first kappa shape index (κ1) is 11.0. The number of hydrogen-bond donors (Lipinski definition) is 1. The van der Waals surface area contributed by atoms with Gasteiger partial charge in [-0.1, -0.05) is 12.1 Å². The van der Waals surface area contributed by atoms with E-state index in [1.165, 1.54) is 19.1 Å². The van der Waals surface area contributed by atoms with Gasteiger partial charge in [0.05, 0.1) is 5.60 Å². The normalized spacial score (nSPS) is 15.6. The summed E-state index contributed by atoms with van der Waals surface area (Å²) in [5, 5.41) is 9.64. The van der Waals surface area contributed by atoms with Crippen molar-refractivity contribution >= 4 is 0 Å². The molecule has 0 saturated heterocycles. The Labute approximate surface area is 80.2 Å². The highest BCUT2D eigenvalue weighted by Gasteiger charge is 2.27. The second-order valence-corrected chi connectivity index (χ2v) is 3.38. The van der Waals surface area contributed by atoms with Crippen molar-refractivity contribution in [2.45, 2.75) is 25.4 Å². The fraction of sp³-hybridized carbons (Fsp3) is 0.400. The number of rotatable bonds is 3. The van der Waals surface area contributed by atoms with Gasteiger partial charge in [0, 0.05) is 6.42 Å². The van der Waals surface area contributed by atoms with E-state index in [2.05, 4.69) is 0 Å². The van der Waals surface area contributed by atoms with Crippen LogP contribution in [0.3, 0.4) is 0 Å². The maximum atomic E-state index is 12.5. The molecule has 0 bridgehead atoms. The average Bonchev–Trinajstić information content (AvgIpc) is 2.02. The van der Waals surface area contributed by atoms with Crippen LogP contribution in [0, 0.1) is 5.82 Å². The van der Waals surface area contributed by atoms with Crippen LogP contribution in [0.4, 0.5) is 13.2 Å².